The SMILES string of the molecule is CCCCCCCCCC/C=C/CC/C=C/CCCC(O)C(O)C(COC1OC(CO)C(O)C(O)C1O)NC(=O)C(O)CCCCCCCCCCCCC. The van der Waals surface area contributed by atoms with Crippen LogP contribution in [0, 0.1) is 0 Å². The van der Waals surface area contributed by atoms with Crippen LogP contribution >= 0.6 is 0 Å². The Labute approximate surface area is 334 Å². The van der Waals surface area contributed by atoms with Crippen LogP contribution in [0.25, 0.3) is 0 Å². The highest BCUT2D eigenvalue weighted by atomic mass is 16.7. The van der Waals surface area contributed by atoms with E-state index in [0.717, 1.165) is 38.5 Å². The topological polar surface area (TPSA) is 189 Å². The van der Waals surface area contributed by atoms with E-state index in [1.165, 1.54) is 96.3 Å². The van der Waals surface area contributed by atoms with Gasteiger partial charge in [-0.25, -0.2) is 0 Å². The monoisotopic (exact) mass is 786 g/mol. The zero-order valence-corrected chi connectivity index (χ0v) is 34.7. The summed E-state index contributed by atoms with van der Waals surface area (Å²) >= 11 is 0. The number of ether oxygens (including phenoxy) is 2. The molecule has 0 aliphatic carbocycles. The van der Waals surface area contributed by atoms with Gasteiger partial charge in [0.15, 0.2) is 6.29 Å². The van der Waals surface area contributed by atoms with Gasteiger partial charge in [0.25, 0.3) is 0 Å². The maximum Gasteiger partial charge on any atom is 0.249 e. The Bertz CT molecular complexity index is 950. The Morgan fingerprint density at radius 3 is 1.62 bits per heavy atom. The molecule has 9 atom stereocenters. The molecule has 0 radical (unpaired) electrons. The van der Waals surface area contributed by atoms with E-state index in [2.05, 4.69) is 43.5 Å². The predicted molar refractivity (Wildman–Crippen MR) is 219 cm³/mol. The summed E-state index contributed by atoms with van der Waals surface area (Å²) in [5, 5.41) is 75.4. The van der Waals surface area contributed by atoms with E-state index in [-0.39, 0.29) is 12.8 Å². The van der Waals surface area contributed by atoms with Gasteiger partial charge in [-0.3, -0.25) is 4.79 Å². The number of unbranched alkanes of at least 4 members (excludes halogenated alkanes) is 20. The predicted octanol–water partition coefficient (Wildman–Crippen LogP) is 6.67. The summed E-state index contributed by atoms with van der Waals surface area (Å²) in [5.41, 5.74) is 0. The largest absolute Gasteiger partial charge is 0.394 e. The van der Waals surface area contributed by atoms with E-state index in [4.69, 9.17) is 9.47 Å². The van der Waals surface area contributed by atoms with Crippen molar-refractivity contribution < 1.29 is 50.0 Å². The Morgan fingerprint density at radius 2 is 1.09 bits per heavy atom. The number of nitrogens with one attached hydrogen (secondary N) is 1. The molecule has 324 valence electrons. The Balaban J connectivity index is 2.52. The molecular formula is C44H83NO10. The smallest absolute Gasteiger partial charge is 0.249 e. The first kappa shape index (κ1) is 51.6. The zero-order chi connectivity index (χ0) is 40.5. The van der Waals surface area contributed by atoms with Gasteiger partial charge in [0.2, 0.25) is 5.91 Å². The van der Waals surface area contributed by atoms with Gasteiger partial charge in [-0.2, -0.15) is 0 Å². The van der Waals surface area contributed by atoms with E-state index in [1.54, 1.807) is 0 Å². The van der Waals surface area contributed by atoms with Crippen LogP contribution in [0.2, 0.25) is 0 Å². The summed E-state index contributed by atoms with van der Waals surface area (Å²) in [6.07, 6.45) is 25.2. The van der Waals surface area contributed by atoms with Gasteiger partial charge >= 0.3 is 0 Å². The van der Waals surface area contributed by atoms with Crippen molar-refractivity contribution in [2.45, 2.75) is 236 Å². The molecule has 0 spiro atoms. The van der Waals surface area contributed by atoms with Crippen molar-refractivity contribution in [1.29, 1.82) is 0 Å². The Morgan fingerprint density at radius 1 is 0.618 bits per heavy atom. The second kappa shape index (κ2) is 34.6. The summed E-state index contributed by atoms with van der Waals surface area (Å²) in [5.74, 6) is -0.712. The molecule has 1 rings (SSSR count). The number of amides is 1. The summed E-state index contributed by atoms with van der Waals surface area (Å²) in [7, 11) is 0. The lowest BCUT2D eigenvalue weighted by Gasteiger charge is -2.40. The van der Waals surface area contributed by atoms with E-state index in [9.17, 15) is 40.5 Å². The lowest BCUT2D eigenvalue weighted by Crippen LogP contribution is -2.60. The van der Waals surface area contributed by atoms with E-state index >= 15 is 0 Å². The number of hydrogen-bond donors (Lipinski definition) is 8. The molecule has 0 saturated carbocycles. The molecule has 0 bridgehead atoms. The van der Waals surface area contributed by atoms with Crippen LogP contribution in [-0.4, -0.2) is 110 Å². The number of hydrogen-bond acceptors (Lipinski definition) is 10. The van der Waals surface area contributed by atoms with Gasteiger partial charge in [0.1, 0.15) is 36.6 Å². The summed E-state index contributed by atoms with van der Waals surface area (Å²) in [6.45, 7) is 3.39. The van der Waals surface area contributed by atoms with Crippen LogP contribution in [0.5, 0.6) is 0 Å². The zero-order valence-electron chi connectivity index (χ0n) is 34.7. The summed E-state index contributed by atoms with van der Waals surface area (Å²) in [6, 6.07) is -1.19. The minimum Gasteiger partial charge on any atom is -0.394 e. The highest BCUT2D eigenvalue weighted by molar-refractivity contribution is 5.80. The molecule has 11 heteroatoms. The third kappa shape index (κ3) is 24.9. The molecule has 0 aromatic carbocycles. The third-order valence-electron chi connectivity index (χ3n) is 10.7. The van der Waals surface area contributed by atoms with Crippen LogP contribution in [-0.2, 0) is 14.3 Å². The second-order valence-electron chi connectivity index (χ2n) is 15.8. The lowest BCUT2D eigenvalue weighted by molar-refractivity contribution is -0.303. The van der Waals surface area contributed by atoms with Crippen molar-refractivity contribution in [1.82, 2.24) is 5.32 Å². The summed E-state index contributed by atoms with van der Waals surface area (Å²) < 4.78 is 11.0. The van der Waals surface area contributed by atoms with Crippen molar-refractivity contribution in [3.63, 3.8) is 0 Å². The average Bonchev–Trinajstić information content (AvgIpc) is 3.18. The van der Waals surface area contributed by atoms with Gasteiger partial charge < -0.3 is 50.5 Å². The van der Waals surface area contributed by atoms with Gasteiger partial charge in [-0.15, -0.1) is 0 Å². The maximum atomic E-state index is 13.0. The average molecular weight is 786 g/mol. The first-order valence-electron chi connectivity index (χ1n) is 22.2. The van der Waals surface area contributed by atoms with Gasteiger partial charge in [-0.1, -0.05) is 154 Å². The molecule has 11 nitrogen and oxygen atoms in total. The van der Waals surface area contributed by atoms with Crippen LogP contribution in [0.15, 0.2) is 24.3 Å². The quantitative estimate of drug-likeness (QED) is 0.0252. The molecule has 1 aliphatic heterocycles. The third-order valence-corrected chi connectivity index (χ3v) is 10.7. The van der Waals surface area contributed by atoms with E-state index in [0.29, 0.717) is 19.3 Å². The highest BCUT2D eigenvalue weighted by Crippen LogP contribution is 2.23. The standard InChI is InChI=1S/C44H83NO10/c1-3-5-7-9-11-13-15-16-17-18-19-20-22-23-25-27-29-31-36(47)39(49)35(34-54-44-42(52)41(51)40(50)38(33-46)55-44)45-43(53)37(48)32-30-28-26-24-21-14-12-10-8-6-4-2/h18-19,23,25,35-42,44,46-52H,3-17,20-22,24,26-34H2,1-2H3,(H,45,53)/b19-18+,25-23+. The second-order valence-corrected chi connectivity index (χ2v) is 15.8. The molecule has 1 saturated heterocycles. The fourth-order valence-electron chi connectivity index (χ4n) is 6.98. The lowest BCUT2D eigenvalue weighted by atomic mass is 9.98. The molecular weight excluding hydrogens is 702 g/mol. The minimum absolute atomic E-state index is 0.248. The van der Waals surface area contributed by atoms with Crippen LogP contribution in [0.1, 0.15) is 181 Å². The van der Waals surface area contributed by atoms with Crippen molar-refractivity contribution >= 4 is 5.91 Å². The van der Waals surface area contributed by atoms with Crippen LogP contribution < -0.4 is 5.32 Å². The molecule has 8 N–H and O–H groups in total. The molecule has 1 aliphatic rings. The fourth-order valence-corrected chi connectivity index (χ4v) is 6.98. The van der Waals surface area contributed by atoms with Crippen molar-refractivity contribution in [3.8, 4) is 0 Å². The van der Waals surface area contributed by atoms with Crippen molar-refractivity contribution in [2.24, 2.45) is 0 Å². The molecule has 9 unspecified atom stereocenters. The van der Waals surface area contributed by atoms with Crippen LogP contribution in [0.3, 0.4) is 0 Å². The van der Waals surface area contributed by atoms with E-state index in [1.807, 2.05) is 0 Å². The van der Waals surface area contributed by atoms with Gasteiger partial charge in [-0.05, 0) is 51.4 Å². The number of aliphatic hydroxyl groups excluding tert-OH is 7. The number of aliphatic hydroxyl groups is 7. The molecule has 1 amide bonds. The first-order valence-corrected chi connectivity index (χ1v) is 22.2. The normalized spacial score (nSPS) is 22.7. The number of rotatable bonds is 36. The molecule has 55 heavy (non-hydrogen) atoms. The number of carbonyl (C=O) groups excluding carboxylic acids is 1. The van der Waals surface area contributed by atoms with Gasteiger partial charge in [0, 0.05) is 0 Å². The fraction of sp³-hybridized carbons (Fsp3) is 0.886. The molecule has 0 aromatic rings. The molecule has 1 heterocycles. The number of allylic oxidation sites excluding steroid dienone is 4. The summed E-state index contributed by atoms with van der Waals surface area (Å²) in [4.78, 5) is 13.0. The van der Waals surface area contributed by atoms with Crippen molar-refractivity contribution in [2.75, 3.05) is 13.2 Å². The number of carbonyl (C=O) groups is 1. The molecule has 0 aromatic heterocycles. The van der Waals surface area contributed by atoms with E-state index < -0.39 is 74.2 Å². The first-order chi connectivity index (χ1) is 26.7. The maximum absolute atomic E-state index is 13.0. The van der Waals surface area contributed by atoms with Crippen LogP contribution in [0.4, 0.5) is 0 Å². The van der Waals surface area contributed by atoms with Crippen molar-refractivity contribution in [3.05, 3.63) is 24.3 Å². The Kier molecular flexibility index (Phi) is 32.5. The Hall–Kier alpha value is -1.41. The minimum atomic E-state index is -1.67. The molecule has 1 fully saturated rings. The van der Waals surface area contributed by atoms with Gasteiger partial charge in [0.05, 0.1) is 25.4 Å². The highest BCUT2D eigenvalue weighted by Gasteiger charge is 2.44.